The van der Waals surface area contributed by atoms with Crippen molar-refractivity contribution in [3.05, 3.63) is 36.2 Å². The summed E-state index contributed by atoms with van der Waals surface area (Å²) in [6, 6.07) is 4.51. The zero-order valence-electron chi connectivity index (χ0n) is 11.8. The van der Waals surface area contributed by atoms with Gasteiger partial charge >= 0.3 is 0 Å². The van der Waals surface area contributed by atoms with Crippen molar-refractivity contribution in [2.75, 3.05) is 19.0 Å². The van der Waals surface area contributed by atoms with E-state index in [9.17, 15) is 0 Å². The van der Waals surface area contributed by atoms with E-state index >= 15 is 0 Å². The van der Waals surface area contributed by atoms with E-state index in [4.69, 9.17) is 4.74 Å². The first-order valence-electron chi connectivity index (χ1n) is 5.95. The van der Waals surface area contributed by atoms with Crippen LogP contribution in [0.25, 0.3) is 0 Å². The monoisotopic (exact) mass is 247 g/mol. The number of hydrogen-bond acceptors (Lipinski definition) is 3. The summed E-state index contributed by atoms with van der Waals surface area (Å²) >= 11 is 0. The van der Waals surface area contributed by atoms with Crippen LogP contribution in [0.2, 0.25) is 0 Å². The Kier molecular flexibility index (Phi) is 4.89. The van der Waals surface area contributed by atoms with Gasteiger partial charge in [-0.1, -0.05) is 26.5 Å². The number of amidine groups is 1. The summed E-state index contributed by atoms with van der Waals surface area (Å²) in [7, 11) is 3.54. The Morgan fingerprint density at radius 2 is 2.11 bits per heavy atom. The second-order valence-electron chi connectivity index (χ2n) is 4.47. The van der Waals surface area contributed by atoms with Crippen LogP contribution in [0.3, 0.4) is 0 Å². The largest absolute Gasteiger partial charge is 0.431 e. The fraction of sp³-hybridized carbons (Fsp3) is 0.429. The second-order valence-corrected chi connectivity index (χ2v) is 4.47. The molecule has 1 aromatic heterocycles. The fourth-order valence-corrected chi connectivity index (χ4v) is 1.46. The molecule has 0 spiro atoms. The number of nitrogens with zero attached hydrogens (tertiary/aromatic N) is 3. The fourth-order valence-electron chi connectivity index (χ4n) is 1.46. The molecule has 0 atom stereocenters. The molecule has 1 rings (SSSR count). The van der Waals surface area contributed by atoms with E-state index in [1.54, 1.807) is 18.9 Å². The molecule has 1 heterocycles. The number of ether oxygens (including phenoxy) is 1. The highest BCUT2D eigenvalue weighted by Gasteiger charge is 2.11. The Morgan fingerprint density at radius 3 is 2.50 bits per heavy atom. The van der Waals surface area contributed by atoms with E-state index in [-0.39, 0.29) is 0 Å². The molecule has 0 aliphatic carbocycles. The third-order valence-corrected chi connectivity index (χ3v) is 2.52. The van der Waals surface area contributed by atoms with Crippen molar-refractivity contribution in [3.8, 4) is 0 Å². The van der Waals surface area contributed by atoms with Crippen LogP contribution in [0.1, 0.15) is 32.3 Å². The van der Waals surface area contributed by atoms with Crippen molar-refractivity contribution in [2.24, 2.45) is 4.99 Å². The minimum Gasteiger partial charge on any atom is -0.431 e. The summed E-state index contributed by atoms with van der Waals surface area (Å²) in [4.78, 5) is 10.3. The molecular weight excluding hydrogens is 226 g/mol. The number of rotatable bonds is 3. The van der Waals surface area contributed by atoms with Gasteiger partial charge in [-0.2, -0.15) is 0 Å². The van der Waals surface area contributed by atoms with Gasteiger partial charge in [0.2, 0.25) is 0 Å². The van der Waals surface area contributed by atoms with Gasteiger partial charge in [-0.05, 0) is 24.5 Å². The highest BCUT2D eigenvalue weighted by molar-refractivity contribution is 5.90. The summed E-state index contributed by atoms with van der Waals surface area (Å²) in [6.07, 6.45) is 1.88. The van der Waals surface area contributed by atoms with Gasteiger partial charge in [-0.25, -0.2) is 9.98 Å². The van der Waals surface area contributed by atoms with Crippen LogP contribution >= 0.6 is 0 Å². The van der Waals surface area contributed by atoms with Crippen LogP contribution in [-0.2, 0) is 4.74 Å². The average molecular weight is 247 g/mol. The summed E-state index contributed by atoms with van der Waals surface area (Å²) < 4.78 is 5.43. The molecule has 0 aromatic carbocycles. The third-order valence-electron chi connectivity index (χ3n) is 2.52. The van der Waals surface area contributed by atoms with Gasteiger partial charge in [0.15, 0.2) is 0 Å². The lowest BCUT2D eigenvalue weighted by Crippen LogP contribution is -2.29. The van der Waals surface area contributed by atoms with Gasteiger partial charge in [0, 0.05) is 20.3 Å². The lowest BCUT2D eigenvalue weighted by molar-refractivity contribution is 0.409. The first kappa shape index (κ1) is 14.2. The van der Waals surface area contributed by atoms with Crippen molar-refractivity contribution >= 4 is 11.8 Å². The molecule has 0 aliphatic heterocycles. The van der Waals surface area contributed by atoms with E-state index in [0.717, 1.165) is 5.82 Å². The lowest BCUT2D eigenvalue weighted by atomic mass is 10.1. The van der Waals surface area contributed by atoms with E-state index in [0.29, 0.717) is 17.7 Å². The van der Waals surface area contributed by atoms with Crippen LogP contribution in [-0.4, -0.2) is 25.1 Å². The van der Waals surface area contributed by atoms with Crippen LogP contribution in [0.4, 0.5) is 5.82 Å². The molecular formula is C14H21N3O. The smallest absolute Gasteiger partial charge is 0.297 e. The first-order valence-corrected chi connectivity index (χ1v) is 5.95. The maximum absolute atomic E-state index is 5.43. The Hall–Kier alpha value is -1.84. The van der Waals surface area contributed by atoms with Gasteiger partial charge in [0.05, 0.1) is 5.76 Å². The van der Waals surface area contributed by atoms with Gasteiger partial charge in [-0.3, -0.25) is 4.90 Å². The second kappa shape index (κ2) is 6.19. The quantitative estimate of drug-likeness (QED) is 0.468. The molecule has 0 aliphatic rings. The van der Waals surface area contributed by atoms with Crippen LogP contribution in [0, 0.1) is 0 Å². The number of pyridine rings is 1. The minimum absolute atomic E-state index is 0.475. The molecule has 0 fully saturated rings. The third kappa shape index (κ3) is 3.58. The Labute approximate surface area is 109 Å². The molecule has 0 radical (unpaired) electrons. The van der Waals surface area contributed by atoms with Gasteiger partial charge < -0.3 is 4.74 Å². The predicted octanol–water partition coefficient (Wildman–Crippen LogP) is 3.18. The molecule has 0 saturated heterocycles. The maximum Gasteiger partial charge on any atom is 0.297 e. The van der Waals surface area contributed by atoms with Gasteiger partial charge in [0.1, 0.15) is 5.82 Å². The Morgan fingerprint density at radius 1 is 1.44 bits per heavy atom. The molecule has 4 heteroatoms. The lowest BCUT2D eigenvalue weighted by Gasteiger charge is -2.20. The molecule has 0 saturated carbocycles. The molecule has 4 nitrogen and oxygen atoms in total. The minimum atomic E-state index is 0.475. The summed E-state index contributed by atoms with van der Waals surface area (Å²) in [5.41, 5.74) is 1.21. The van der Waals surface area contributed by atoms with Crippen LogP contribution < -0.4 is 4.90 Å². The molecule has 0 N–H and O–H groups in total. The maximum atomic E-state index is 5.43. The number of anilines is 1. The summed E-state index contributed by atoms with van der Waals surface area (Å²) in [5.74, 6) is 1.87. The Bertz CT molecular complexity index is 435. The van der Waals surface area contributed by atoms with Crippen LogP contribution in [0.5, 0.6) is 0 Å². The van der Waals surface area contributed by atoms with E-state index in [1.165, 1.54) is 5.56 Å². The van der Waals surface area contributed by atoms with E-state index < -0.39 is 0 Å². The zero-order chi connectivity index (χ0) is 13.7. The molecule has 0 unspecified atom stereocenters. The SMILES string of the molecule is C=C(C)OC(=NC)N(C)c1ccc(C(C)C)cn1. The summed E-state index contributed by atoms with van der Waals surface area (Å²) in [6.45, 7) is 9.78. The highest BCUT2D eigenvalue weighted by atomic mass is 16.5. The van der Waals surface area contributed by atoms with Crippen molar-refractivity contribution in [3.63, 3.8) is 0 Å². The first-order chi connectivity index (χ1) is 8.45. The van der Waals surface area contributed by atoms with Crippen molar-refractivity contribution < 1.29 is 4.74 Å². The van der Waals surface area contributed by atoms with Crippen molar-refractivity contribution in [2.45, 2.75) is 26.7 Å². The van der Waals surface area contributed by atoms with Crippen molar-refractivity contribution in [1.29, 1.82) is 0 Å². The zero-order valence-corrected chi connectivity index (χ0v) is 11.8. The standard InChI is InChI=1S/C14H21N3O/c1-10(2)12-7-8-13(16-9-12)17(6)14(15-5)18-11(3)4/h7-10H,3H2,1-2,4-6H3. The van der Waals surface area contributed by atoms with Crippen molar-refractivity contribution in [1.82, 2.24) is 4.98 Å². The van der Waals surface area contributed by atoms with Gasteiger partial charge in [-0.15, -0.1) is 0 Å². The topological polar surface area (TPSA) is 37.7 Å². The number of allylic oxidation sites excluding steroid dienone is 1. The number of aliphatic imine (C=N–C) groups is 1. The number of hydrogen-bond donors (Lipinski definition) is 0. The molecule has 0 bridgehead atoms. The normalized spacial score (nSPS) is 11.6. The Balaban J connectivity index is 2.89. The average Bonchev–Trinajstić information content (AvgIpc) is 2.35. The van der Waals surface area contributed by atoms with Gasteiger partial charge in [0.25, 0.3) is 6.02 Å². The molecule has 1 aromatic rings. The molecule has 98 valence electrons. The van der Waals surface area contributed by atoms with E-state index in [2.05, 4.69) is 36.5 Å². The highest BCUT2D eigenvalue weighted by Crippen LogP contribution is 2.17. The molecule has 18 heavy (non-hydrogen) atoms. The van der Waals surface area contributed by atoms with Crippen LogP contribution in [0.15, 0.2) is 35.7 Å². The number of aromatic nitrogens is 1. The molecule has 0 amide bonds. The van der Waals surface area contributed by atoms with E-state index in [1.807, 2.05) is 19.3 Å². The summed E-state index contributed by atoms with van der Waals surface area (Å²) in [5, 5.41) is 0. The predicted molar refractivity (Wildman–Crippen MR) is 76.0 cm³/mol.